The number of rotatable bonds is 4. The van der Waals surface area contributed by atoms with Crippen LogP contribution in [0.1, 0.15) is 35.9 Å². The number of carbonyl (C=O) groups excluding carboxylic acids is 1. The van der Waals surface area contributed by atoms with Crippen molar-refractivity contribution in [2.75, 3.05) is 6.61 Å². The molecular formula is C22H19N3O5S. The molecule has 0 radical (unpaired) electrons. The summed E-state index contributed by atoms with van der Waals surface area (Å²) in [5.74, 6) is 0.622. The molecule has 0 saturated heterocycles. The average molecular weight is 437 g/mol. The summed E-state index contributed by atoms with van der Waals surface area (Å²) in [6, 6.07) is 8.99. The first-order chi connectivity index (χ1) is 14.8. The lowest BCUT2D eigenvalue weighted by Gasteiger charge is -2.22. The molecule has 4 heterocycles. The van der Waals surface area contributed by atoms with Crippen molar-refractivity contribution in [1.82, 2.24) is 4.57 Å². The van der Waals surface area contributed by atoms with Crippen LogP contribution in [0.2, 0.25) is 0 Å². The lowest BCUT2D eigenvalue weighted by atomic mass is 9.88. The van der Waals surface area contributed by atoms with Crippen molar-refractivity contribution in [2.24, 2.45) is 5.73 Å². The van der Waals surface area contributed by atoms with Crippen molar-refractivity contribution in [3.05, 3.63) is 72.4 Å². The first-order valence-corrected chi connectivity index (χ1v) is 10.3. The maximum Gasteiger partial charge on any atom is 0.338 e. The molecule has 4 rings (SSSR count). The number of hydrogen-bond donors (Lipinski definition) is 1. The number of allylic oxidation sites excluding steroid dienone is 1. The van der Waals surface area contributed by atoms with Gasteiger partial charge in [-0.25, -0.2) is 4.79 Å². The van der Waals surface area contributed by atoms with Crippen LogP contribution in [0.5, 0.6) is 0 Å². The fourth-order valence-corrected chi connectivity index (χ4v) is 4.65. The molecule has 0 bridgehead atoms. The Labute approximate surface area is 180 Å². The Balaban J connectivity index is 2.10. The molecule has 31 heavy (non-hydrogen) atoms. The van der Waals surface area contributed by atoms with Crippen LogP contribution in [0.15, 0.2) is 43.5 Å². The van der Waals surface area contributed by atoms with Gasteiger partial charge >= 0.3 is 5.97 Å². The molecule has 0 saturated carbocycles. The number of nitrogens with two attached hydrogens (primary N) is 1. The van der Waals surface area contributed by atoms with E-state index in [1.807, 2.05) is 0 Å². The Bertz CT molecular complexity index is 1440. The van der Waals surface area contributed by atoms with E-state index < -0.39 is 17.4 Å². The fourth-order valence-electron chi connectivity index (χ4n) is 3.51. The summed E-state index contributed by atoms with van der Waals surface area (Å²) in [6.07, 6.45) is 1.58. The maximum atomic E-state index is 13.2. The highest BCUT2D eigenvalue weighted by Gasteiger charge is 2.38. The number of aryl methyl sites for hydroxylation is 2. The largest absolute Gasteiger partial charge is 0.465 e. The van der Waals surface area contributed by atoms with Crippen molar-refractivity contribution in [3.63, 3.8) is 0 Å². The van der Waals surface area contributed by atoms with Crippen LogP contribution in [0, 0.1) is 25.2 Å². The lowest BCUT2D eigenvalue weighted by molar-refractivity contribution is -0.136. The van der Waals surface area contributed by atoms with Gasteiger partial charge in [0.1, 0.15) is 33.5 Å². The zero-order valence-electron chi connectivity index (χ0n) is 17.1. The number of esters is 1. The van der Waals surface area contributed by atoms with Crippen LogP contribution >= 0.6 is 11.3 Å². The van der Waals surface area contributed by atoms with E-state index in [0.29, 0.717) is 32.2 Å². The maximum absolute atomic E-state index is 13.2. The molecular weight excluding hydrogens is 418 g/mol. The molecule has 1 aliphatic heterocycles. The highest BCUT2D eigenvalue weighted by atomic mass is 32.1. The van der Waals surface area contributed by atoms with Gasteiger partial charge in [0.15, 0.2) is 0 Å². The normalized spacial score (nSPS) is 16.4. The number of ether oxygens (including phenoxy) is 1. The second-order valence-corrected chi connectivity index (χ2v) is 7.96. The van der Waals surface area contributed by atoms with Crippen LogP contribution < -0.4 is 20.5 Å². The summed E-state index contributed by atoms with van der Waals surface area (Å²) in [5.41, 5.74) is 6.00. The van der Waals surface area contributed by atoms with E-state index in [-0.39, 0.29) is 23.6 Å². The Kier molecular flexibility index (Phi) is 5.17. The van der Waals surface area contributed by atoms with E-state index in [1.165, 1.54) is 4.57 Å². The van der Waals surface area contributed by atoms with E-state index in [9.17, 15) is 14.9 Å². The van der Waals surface area contributed by atoms with Crippen LogP contribution in [0.25, 0.3) is 17.5 Å². The smallest absolute Gasteiger partial charge is 0.338 e. The zero-order valence-corrected chi connectivity index (χ0v) is 17.9. The Morgan fingerprint density at radius 2 is 2.00 bits per heavy atom. The number of nitrogens with zero attached hydrogens (tertiary/aromatic N) is 2. The predicted molar refractivity (Wildman–Crippen MR) is 114 cm³/mol. The van der Waals surface area contributed by atoms with Gasteiger partial charge in [-0.1, -0.05) is 0 Å². The minimum Gasteiger partial charge on any atom is -0.465 e. The molecule has 0 aromatic carbocycles. The SMILES string of the molecule is CCOC(=O)C1=c2s/c(=C\c3ccc(C)o3)c(=O)n2C(N)=C(C#N)[C@H]1c1ccc(C)o1. The molecule has 2 N–H and O–H groups in total. The van der Waals surface area contributed by atoms with Crippen molar-refractivity contribution in [2.45, 2.75) is 26.7 Å². The highest BCUT2D eigenvalue weighted by molar-refractivity contribution is 7.07. The van der Waals surface area contributed by atoms with E-state index in [0.717, 1.165) is 11.3 Å². The topological polar surface area (TPSA) is 124 Å². The van der Waals surface area contributed by atoms with Gasteiger partial charge in [-0.2, -0.15) is 5.26 Å². The summed E-state index contributed by atoms with van der Waals surface area (Å²) in [5, 5.41) is 9.86. The van der Waals surface area contributed by atoms with Gasteiger partial charge in [0, 0.05) is 6.08 Å². The van der Waals surface area contributed by atoms with Gasteiger partial charge in [-0.15, -0.1) is 11.3 Å². The first kappa shape index (κ1) is 20.5. The molecule has 8 nitrogen and oxygen atoms in total. The Morgan fingerprint density at radius 3 is 2.58 bits per heavy atom. The van der Waals surface area contributed by atoms with Crippen LogP contribution in [-0.4, -0.2) is 17.1 Å². The van der Waals surface area contributed by atoms with Crippen molar-refractivity contribution >= 4 is 34.8 Å². The molecule has 9 heteroatoms. The summed E-state index contributed by atoms with van der Waals surface area (Å²) >= 11 is 1.08. The van der Waals surface area contributed by atoms with Gasteiger partial charge in [0.25, 0.3) is 5.56 Å². The minimum atomic E-state index is -0.880. The van der Waals surface area contributed by atoms with Crippen molar-refractivity contribution < 1.29 is 18.4 Å². The fraction of sp³-hybridized carbons (Fsp3) is 0.227. The number of thiazole rings is 1. The van der Waals surface area contributed by atoms with Crippen LogP contribution in [0.3, 0.4) is 0 Å². The zero-order chi connectivity index (χ0) is 22.3. The number of fused-ring (bicyclic) bond motifs is 1. The molecule has 0 unspecified atom stereocenters. The van der Waals surface area contributed by atoms with E-state index in [2.05, 4.69) is 6.07 Å². The standard InChI is InChI=1S/C22H19N3O5S/c1-4-28-22(27)18-17(15-8-6-12(3)30-15)14(10-23)19(24)25-20(26)16(31-21(18)25)9-13-7-5-11(2)29-13/h5-9,17H,4,24H2,1-3H3/b16-9-/t17-/m0/s1. The van der Waals surface area contributed by atoms with Gasteiger partial charge in [0.2, 0.25) is 0 Å². The molecule has 1 atom stereocenters. The molecule has 158 valence electrons. The average Bonchev–Trinajstić information content (AvgIpc) is 3.42. The number of aromatic nitrogens is 1. The van der Waals surface area contributed by atoms with Crippen molar-refractivity contribution in [1.29, 1.82) is 5.26 Å². The van der Waals surface area contributed by atoms with Gasteiger partial charge in [-0.3, -0.25) is 9.36 Å². The molecule has 0 fully saturated rings. The third kappa shape index (κ3) is 3.41. The number of furan rings is 2. The van der Waals surface area contributed by atoms with E-state index in [1.54, 1.807) is 51.1 Å². The van der Waals surface area contributed by atoms with Crippen molar-refractivity contribution in [3.8, 4) is 6.07 Å². The summed E-state index contributed by atoms with van der Waals surface area (Å²) < 4.78 is 18.3. The molecule has 3 aromatic heterocycles. The quantitative estimate of drug-likeness (QED) is 0.616. The van der Waals surface area contributed by atoms with E-state index in [4.69, 9.17) is 19.3 Å². The number of nitriles is 1. The second-order valence-electron chi connectivity index (χ2n) is 6.93. The summed E-state index contributed by atoms with van der Waals surface area (Å²) in [4.78, 5) is 26.1. The number of hydrogen-bond acceptors (Lipinski definition) is 8. The van der Waals surface area contributed by atoms with Crippen LogP contribution in [0.4, 0.5) is 0 Å². The van der Waals surface area contributed by atoms with E-state index >= 15 is 0 Å². The molecule has 0 amide bonds. The highest BCUT2D eigenvalue weighted by Crippen LogP contribution is 2.37. The molecule has 1 aliphatic rings. The van der Waals surface area contributed by atoms with Crippen LogP contribution in [-0.2, 0) is 9.53 Å². The second kappa shape index (κ2) is 7.81. The summed E-state index contributed by atoms with van der Waals surface area (Å²) in [7, 11) is 0. The Hall–Kier alpha value is -3.77. The third-order valence-corrected chi connectivity index (χ3v) is 5.95. The molecule has 0 aliphatic carbocycles. The lowest BCUT2D eigenvalue weighted by Crippen LogP contribution is -2.40. The minimum absolute atomic E-state index is 0.0406. The molecule has 0 spiro atoms. The molecule has 3 aromatic rings. The Morgan fingerprint density at radius 1 is 1.29 bits per heavy atom. The number of carbonyl (C=O) groups is 1. The first-order valence-electron chi connectivity index (χ1n) is 9.53. The predicted octanol–water partition coefficient (Wildman–Crippen LogP) is 1.70. The summed E-state index contributed by atoms with van der Waals surface area (Å²) in [6.45, 7) is 5.37. The van der Waals surface area contributed by atoms with Gasteiger partial charge in [0.05, 0.1) is 34.3 Å². The van der Waals surface area contributed by atoms with Gasteiger partial charge < -0.3 is 19.3 Å². The van der Waals surface area contributed by atoms with Gasteiger partial charge in [-0.05, 0) is 45.0 Å². The monoisotopic (exact) mass is 437 g/mol. The third-order valence-electron chi connectivity index (χ3n) is 4.84.